The Kier molecular flexibility index (Phi) is 8.78. The molecule has 3 rings (SSSR count). The van der Waals surface area contributed by atoms with Gasteiger partial charge in [0.2, 0.25) is 0 Å². The molecule has 1 aliphatic heterocycles. The first-order chi connectivity index (χ1) is 15.6. The molecule has 0 bridgehead atoms. The number of hydrogen-bond donors (Lipinski definition) is 6. The molecular formula is C24H29N5O3. The summed E-state index contributed by atoms with van der Waals surface area (Å²) in [5, 5.41) is 18.1. The summed E-state index contributed by atoms with van der Waals surface area (Å²) in [6.07, 6.45) is 2.50. The van der Waals surface area contributed by atoms with Gasteiger partial charge in [-0.1, -0.05) is 24.0 Å². The van der Waals surface area contributed by atoms with Crippen LogP contribution in [0.2, 0.25) is 0 Å². The third-order valence-corrected chi connectivity index (χ3v) is 5.30. The number of nitrogens with one attached hydrogen (secondary N) is 4. The number of rotatable bonds is 8. The van der Waals surface area contributed by atoms with Crippen molar-refractivity contribution < 1.29 is 14.8 Å². The van der Waals surface area contributed by atoms with Gasteiger partial charge in [-0.3, -0.25) is 14.8 Å². The van der Waals surface area contributed by atoms with Crippen LogP contribution in [0.15, 0.2) is 48.5 Å². The fourth-order valence-corrected chi connectivity index (χ4v) is 3.43. The van der Waals surface area contributed by atoms with Crippen LogP contribution in [0.4, 0.5) is 0 Å². The second-order valence-corrected chi connectivity index (χ2v) is 7.69. The normalized spacial score (nSPS) is 16.0. The molecule has 7 N–H and O–H groups in total. The van der Waals surface area contributed by atoms with Gasteiger partial charge in [-0.25, -0.2) is 5.48 Å². The highest BCUT2D eigenvalue weighted by Gasteiger charge is 2.19. The number of hydrogen-bond acceptors (Lipinski definition) is 6. The molecule has 0 aromatic heterocycles. The first-order valence-electron chi connectivity index (χ1n) is 10.7. The minimum absolute atomic E-state index is 0.131. The third-order valence-electron chi connectivity index (χ3n) is 5.30. The molecule has 168 valence electrons. The summed E-state index contributed by atoms with van der Waals surface area (Å²) in [5.41, 5.74) is 10.2. The average molecular weight is 436 g/mol. The summed E-state index contributed by atoms with van der Waals surface area (Å²) in [7, 11) is 0. The van der Waals surface area contributed by atoms with Crippen LogP contribution in [0.5, 0.6) is 0 Å². The predicted molar refractivity (Wildman–Crippen MR) is 122 cm³/mol. The number of carbonyl (C=O) groups excluding carboxylic acids is 2. The zero-order valence-corrected chi connectivity index (χ0v) is 17.9. The molecule has 0 aliphatic carbocycles. The third kappa shape index (κ3) is 6.90. The van der Waals surface area contributed by atoms with Crippen LogP contribution in [0, 0.1) is 11.8 Å². The van der Waals surface area contributed by atoms with Crippen LogP contribution in [0.1, 0.15) is 39.9 Å². The van der Waals surface area contributed by atoms with Crippen molar-refractivity contribution in [2.24, 2.45) is 5.73 Å². The smallest absolute Gasteiger partial charge is 0.267 e. The van der Waals surface area contributed by atoms with E-state index in [2.05, 4.69) is 39.9 Å². The first kappa shape index (κ1) is 23.4. The number of benzene rings is 2. The van der Waals surface area contributed by atoms with Crippen molar-refractivity contribution in [1.82, 2.24) is 21.4 Å². The molecule has 1 aliphatic rings. The minimum Gasteiger partial charge on any atom is -0.339 e. The molecule has 8 heteroatoms. The topological polar surface area (TPSA) is 129 Å². The molecule has 0 radical (unpaired) electrons. The quantitative estimate of drug-likeness (QED) is 0.203. The highest BCUT2D eigenvalue weighted by atomic mass is 16.5. The Morgan fingerprint density at radius 1 is 1.09 bits per heavy atom. The van der Waals surface area contributed by atoms with E-state index in [-0.39, 0.29) is 6.54 Å². The lowest BCUT2D eigenvalue weighted by Crippen LogP contribution is -2.50. The molecular weight excluding hydrogens is 406 g/mol. The van der Waals surface area contributed by atoms with Crippen LogP contribution >= 0.6 is 0 Å². The number of nitrogens with two attached hydrogens (primary N) is 1. The lowest BCUT2D eigenvalue weighted by atomic mass is 10.1. The van der Waals surface area contributed by atoms with Gasteiger partial charge in [-0.15, -0.1) is 0 Å². The van der Waals surface area contributed by atoms with E-state index in [1.54, 1.807) is 24.3 Å². The van der Waals surface area contributed by atoms with Gasteiger partial charge >= 0.3 is 0 Å². The minimum atomic E-state index is -1.01. The van der Waals surface area contributed by atoms with Gasteiger partial charge in [0.15, 0.2) is 0 Å². The summed E-state index contributed by atoms with van der Waals surface area (Å²) in [4.78, 5) is 23.7. The fourth-order valence-electron chi connectivity index (χ4n) is 3.43. The van der Waals surface area contributed by atoms with E-state index in [0.717, 1.165) is 30.8 Å². The van der Waals surface area contributed by atoms with Gasteiger partial charge in [0.25, 0.3) is 11.8 Å². The molecule has 0 spiro atoms. The lowest BCUT2D eigenvalue weighted by molar-refractivity contribution is -0.130. The zero-order valence-electron chi connectivity index (χ0n) is 17.9. The molecule has 2 aromatic carbocycles. The summed E-state index contributed by atoms with van der Waals surface area (Å²) < 4.78 is 0. The molecule has 8 nitrogen and oxygen atoms in total. The molecule has 1 fully saturated rings. The van der Waals surface area contributed by atoms with Crippen molar-refractivity contribution in [3.8, 4) is 11.8 Å². The van der Waals surface area contributed by atoms with Crippen molar-refractivity contribution in [2.45, 2.75) is 31.5 Å². The monoisotopic (exact) mass is 435 g/mol. The predicted octanol–water partition coefficient (Wildman–Crippen LogP) is 0.491. The van der Waals surface area contributed by atoms with Crippen molar-refractivity contribution in [3.05, 3.63) is 70.8 Å². The van der Waals surface area contributed by atoms with Crippen LogP contribution in [0.3, 0.4) is 0 Å². The summed E-state index contributed by atoms with van der Waals surface area (Å²) in [6.45, 7) is 2.81. The largest absolute Gasteiger partial charge is 0.339 e. The highest BCUT2D eigenvalue weighted by molar-refractivity contribution is 5.97. The SMILES string of the molecule is NC[C@H](NC(=O)c1ccc(C#Cc2ccc(CNC[C@@H]3CCCN3)cc2)cc1)C(=O)NO. The Morgan fingerprint density at radius 3 is 2.31 bits per heavy atom. The number of carbonyl (C=O) groups is 2. The van der Waals surface area contributed by atoms with Crippen molar-refractivity contribution in [2.75, 3.05) is 19.6 Å². The van der Waals surface area contributed by atoms with Crippen molar-refractivity contribution in [1.29, 1.82) is 0 Å². The van der Waals surface area contributed by atoms with E-state index in [1.165, 1.54) is 23.9 Å². The summed E-state index contributed by atoms with van der Waals surface area (Å²) in [5.74, 6) is 4.98. The van der Waals surface area contributed by atoms with E-state index < -0.39 is 17.9 Å². The molecule has 0 saturated carbocycles. The van der Waals surface area contributed by atoms with Gasteiger partial charge in [0, 0.05) is 42.4 Å². The Balaban J connectivity index is 1.51. The zero-order chi connectivity index (χ0) is 22.8. The Labute approximate surface area is 187 Å². The molecule has 1 saturated heterocycles. The molecule has 32 heavy (non-hydrogen) atoms. The standard InChI is InChI=1S/C24H29N5O3/c25-14-22(24(31)29-32)28-23(30)20-11-9-18(10-12-20)4-3-17-5-7-19(8-6-17)15-26-16-21-2-1-13-27-21/h5-12,21-22,26-27,32H,1-2,13-16,25H2,(H,28,30)(H,29,31)/t21-,22-/m0/s1. The second kappa shape index (κ2) is 12.0. The van der Waals surface area contributed by atoms with Gasteiger partial charge in [-0.05, 0) is 61.3 Å². The Bertz CT molecular complexity index is 958. The number of amides is 2. The maximum Gasteiger partial charge on any atom is 0.267 e. The Morgan fingerprint density at radius 2 is 1.75 bits per heavy atom. The van der Waals surface area contributed by atoms with Gasteiger partial charge in [-0.2, -0.15) is 0 Å². The summed E-state index contributed by atoms with van der Waals surface area (Å²) >= 11 is 0. The molecule has 2 atom stereocenters. The van der Waals surface area contributed by atoms with Crippen LogP contribution in [0.25, 0.3) is 0 Å². The van der Waals surface area contributed by atoms with Crippen LogP contribution < -0.4 is 27.2 Å². The average Bonchev–Trinajstić information content (AvgIpc) is 3.35. The maximum atomic E-state index is 12.2. The Hall–Kier alpha value is -3.22. The molecule has 1 heterocycles. The lowest BCUT2D eigenvalue weighted by Gasteiger charge is -2.14. The summed E-state index contributed by atoms with van der Waals surface area (Å²) in [6, 6.07) is 14.4. The van der Waals surface area contributed by atoms with E-state index in [0.29, 0.717) is 11.6 Å². The molecule has 2 amide bonds. The van der Waals surface area contributed by atoms with E-state index in [4.69, 9.17) is 10.9 Å². The van der Waals surface area contributed by atoms with Crippen molar-refractivity contribution >= 4 is 11.8 Å². The van der Waals surface area contributed by atoms with Crippen molar-refractivity contribution in [3.63, 3.8) is 0 Å². The molecule has 0 unspecified atom stereocenters. The van der Waals surface area contributed by atoms with Gasteiger partial charge in [0.05, 0.1) is 0 Å². The van der Waals surface area contributed by atoms with Gasteiger partial charge in [0.1, 0.15) is 6.04 Å². The fraction of sp³-hybridized carbons (Fsp3) is 0.333. The van der Waals surface area contributed by atoms with Gasteiger partial charge < -0.3 is 21.7 Å². The van der Waals surface area contributed by atoms with Crippen LogP contribution in [-0.4, -0.2) is 48.7 Å². The van der Waals surface area contributed by atoms with E-state index in [9.17, 15) is 9.59 Å². The number of hydroxylamine groups is 1. The molecule has 2 aromatic rings. The first-order valence-corrected chi connectivity index (χ1v) is 10.7. The van der Waals surface area contributed by atoms with E-state index >= 15 is 0 Å². The second-order valence-electron chi connectivity index (χ2n) is 7.69. The van der Waals surface area contributed by atoms with E-state index in [1.807, 2.05) is 12.1 Å². The maximum absolute atomic E-state index is 12.2. The highest BCUT2D eigenvalue weighted by Crippen LogP contribution is 2.07. The van der Waals surface area contributed by atoms with Crippen LogP contribution in [-0.2, 0) is 11.3 Å².